The van der Waals surface area contributed by atoms with Gasteiger partial charge in [0.2, 0.25) is 5.88 Å². The minimum atomic E-state index is 0.0625. The fourth-order valence-electron chi connectivity index (χ4n) is 1.33. The van der Waals surface area contributed by atoms with E-state index in [4.69, 9.17) is 13.9 Å². The summed E-state index contributed by atoms with van der Waals surface area (Å²) in [5, 5.41) is 0.560. The summed E-state index contributed by atoms with van der Waals surface area (Å²) in [7, 11) is 0. The van der Waals surface area contributed by atoms with Crippen LogP contribution in [0.1, 0.15) is 0 Å². The maximum absolute atomic E-state index is 5.61. The molecule has 0 N–H and O–H groups in total. The van der Waals surface area contributed by atoms with Crippen LogP contribution < -0.4 is 4.74 Å². The first-order chi connectivity index (χ1) is 7.86. The highest BCUT2D eigenvalue weighted by atomic mass is 32.2. The Hall–Kier alpha value is -1.34. The Balaban J connectivity index is 1.98. The Kier molecular flexibility index (Phi) is 2.41. The van der Waals surface area contributed by atoms with Crippen molar-refractivity contribution in [3.63, 3.8) is 0 Å². The summed E-state index contributed by atoms with van der Waals surface area (Å²) in [5.74, 6) is 0.461. The molecule has 3 rings (SSSR count). The van der Waals surface area contributed by atoms with Gasteiger partial charge in [-0.3, -0.25) is 0 Å². The molecule has 1 aliphatic rings. The molecule has 1 fully saturated rings. The van der Waals surface area contributed by atoms with Crippen molar-refractivity contribution in [2.75, 3.05) is 19.5 Å². The molecule has 1 saturated heterocycles. The first kappa shape index (κ1) is 9.86. The van der Waals surface area contributed by atoms with Crippen molar-refractivity contribution in [2.45, 2.75) is 11.3 Å². The Morgan fingerprint density at radius 1 is 1.44 bits per heavy atom. The summed E-state index contributed by atoms with van der Waals surface area (Å²) in [6, 6.07) is 0. The lowest BCUT2D eigenvalue weighted by atomic mass is 10.3. The second kappa shape index (κ2) is 3.91. The zero-order chi connectivity index (χ0) is 11.0. The van der Waals surface area contributed by atoms with E-state index in [0.29, 0.717) is 35.5 Å². The van der Waals surface area contributed by atoms with Crippen molar-refractivity contribution in [2.24, 2.45) is 0 Å². The topological polar surface area (TPSA) is 70.3 Å². The normalized spacial score (nSPS) is 16.3. The third-order valence-corrected chi connectivity index (χ3v) is 2.73. The predicted molar refractivity (Wildman–Crippen MR) is 56.6 cm³/mol. The monoisotopic (exact) mass is 239 g/mol. The number of oxazole rings is 1. The Labute approximate surface area is 95.4 Å². The van der Waals surface area contributed by atoms with Gasteiger partial charge in [-0.25, -0.2) is 0 Å². The molecular weight excluding hydrogens is 230 g/mol. The predicted octanol–water partition coefficient (Wildman–Crippen LogP) is 1.12. The van der Waals surface area contributed by atoms with Crippen LogP contribution in [-0.2, 0) is 4.74 Å². The summed E-state index contributed by atoms with van der Waals surface area (Å²) in [6.07, 6.45) is 3.36. The Morgan fingerprint density at radius 2 is 2.31 bits per heavy atom. The van der Waals surface area contributed by atoms with E-state index in [-0.39, 0.29) is 6.10 Å². The van der Waals surface area contributed by atoms with Crippen LogP contribution in [0.15, 0.2) is 16.0 Å². The molecule has 3 heterocycles. The second-order valence-electron chi connectivity index (χ2n) is 3.29. The van der Waals surface area contributed by atoms with Crippen molar-refractivity contribution in [1.29, 1.82) is 0 Å². The molecule has 0 bridgehead atoms. The number of rotatable bonds is 3. The number of hydrogen-bond donors (Lipinski definition) is 0. The molecule has 0 amide bonds. The van der Waals surface area contributed by atoms with Crippen LogP contribution in [0.3, 0.4) is 0 Å². The number of nitrogens with zero attached hydrogens (tertiary/aromatic N) is 3. The maximum atomic E-state index is 5.61. The summed E-state index contributed by atoms with van der Waals surface area (Å²) < 4.78 is 16.0. The van der Waals surface area contributed by atoms with Crippen molar-refractivity contribution in [3.05, 3.63) is 6.33 Å². The van der Waals surface area contributed by atoms with Gasteiger partial charge in [-0.15, -0.1) is 0 Å². The highest BCUT2D eigenvalue weighted by Crippen LogP contribution is 2.26. The van der Waals surface area contributed by atoms with Gasteiger partial charge in [0.1, 0.15) is 12.4 Å². The van der Waals surface area contributed by atoms with Gasteiger partial charge in [0.15, 0.2) is 5.52 Å². The molecular formula is C9H9N3O3S. The van der Waals surface area contributed by atoms with Crippen LogP contribution in [0, 0.1) is 0 Å². The first-order valence-electron chi connectivity index (χ1n) is 4.77. The average molecular weight is 239 g/mol. The van der Waals surface area contributed by atoms with E-state index >= 15 is 0 Å². The Bertz CT molecular complexity index is 512. The third kappa shape index (κ3) is 1.61. The van der Waals surface area contributed by atoms with E-state index in [0.717, 1.165) is 0 Å². The van der Waals surface area contributed by atoms with Crippen LogP contribution in [0.25, 0.3) is 11.2 Å². The van der Waals surface area contributed by atoms with Crippen LogP contribution in [0.4, 0.5) is 0 Å². The van der Waals surface area contributed by atoms with Crippen molar-refractivity contribution >= 4 is 23.0 Å². The largest absolute Gasteiger partial charge is 0.468 e. The van der Waals surface area contributed by atoms with Crippen LogP contribution in [0.5, 0.6) is 5.88 Å². The fraction of sp³-hybridized carbons (Fsp3) is 0.444. The highest BCUT2D eigenvalue weighted by Gasteiger charge is 2.23. The number of fused-ring (bicyclic) bond motifs is 1. The SMILES string of the molecule is CSc1nc2c(OC3COC3)ncnc2o1. The number of hydrogen-bond acceptors (Lipinski definition) is 7. The smallest absolute Gasteiger partial charge is 0.258 e. The quantitative estimate of drug-likeness (QED) is 0.743. The third-order valence-electron chi connectivity index (χ3n) is 2.20. The molecule has 0 radical (unpaired) electrons. The zero-order valence-electron chi connectivity index (χ0n) is 8.54. The van der Waals surface area contributed by atoms with Gasteiger partial charge in [-0.2, -0.15) is 15.0 Å². The van der Waals surface area contributed by atoms with Gasteiger partial charge in [0.25, 0.3) is 10.9 Å². The molecule has 0 saturated carbocycles. The number of aromatic nitrogens is 3. The lowest BCUT2D eigenvalue weighted by Gasteiger charge is -2.25. The summed E-state index contributed by atoms with van der Waals surface area (Å²) in [5.41, 5.74) is 1.02. The van der Waals surface area contributed by atoms with E-state index in [1.165, 1.54) is 18.1 Å². The molecule has 0 aromatic carbocycles. The minimum absolute atomic E-state index is 0.0625. The molecule has 6 nitrogen and oxygen atoms in total. The lowest BCUT2D eigenvalue weighted by Crippen LogP contribution is -2.38. The van der Waals surface area contributed by atoms with E-state index in [1.807, 2.05) is 6.26 Å². The van der Waals surface area contributed by atoms with E-state index in [9.17, 15) is 0 Å². The lowest BCUT2D eigenvalue weighted by molar-refractivity contribution is -0.0808. The van der Waals surface area contributed by atoms with Crippen molar-refractivity contribution < 1.29 is 13.9 Å². The molecule has 84 valence electrons. The first-order valence-corrected chi connectivity index (χ1v) is 5.99. The van der Waals surface area contributed by atoms with Gasteiger partial charge in [0.05, 0.1) is 13.2 Å². The van der Waals surface area contributed by atoms with Gasteiger partial charge >= 0.3 is 0 Å². The van der Waals surface area contributed by atoms with Crippen LogP contribution in [-0.4, -0.2) is 40.5 Å². The van der Waals surface area contributed by atoms with E-state index < -0.39 is 0 Å². The van der Waals surface area contributed by atoms with Crippen molar-refractivity contribution in [1.82, 2.24) is 15.0 Å². The fourth-order valence-corrected chi connectivity index (χ4v) is 1.67. The molecule has 16 heavy (non-hydrogen) atoms. The second-order valence-corrected chi connectivity index (χ2v) is 4.05. The van der Waals surface area contributed by atoms with Gasteiger partial charge in [-0.05, 0) is 6.26 Å². The Morgan fingerprint density at radius 3 is 3.00 bits per heavy atom. The van der Waals surface area contributed by atoms with E-state index in [2.05, 4.69) is 15.0 Å². The van der Waals surface area contributed by atoms with Crippen LogP contribution >= 0.6 is 11.8 Å². The van der Waals surface area contributed by atoms with Crippen LogP contribution in [0.2, 0.25) is 0 Å². The molecule has 2 aromatic heterocycles. The molecule has 0 atom stereocenters. The summed E-state index contributed by atoms with van der Waals surface area (Å²) >= 11 is 1.42. The molecule has 0 aliphatic carbocycles. The molecule has 0 spiro atoms. The van der Waals surface area contributed by atoms with Gasteiger partial charge in [-0.1, -0.05) is 11.8 Å². The molecule has 2 aromatic rings. The molecule has 0 unspecified atom stereocenters. The standard InChI is InChI=1S/C9H9N3O3S/c1-16-9-12-6-7(14-5-2-13-3-5)10-4-11-8(6)15-9/h4-5H,2-3H2,1H3. The molecule has 1 aliphatic heterocycles. The van der Waals surface area contributed by atoms with Gasteiger partial charge < -0.3 is 13.9 Å². The average Bonchev–Trinajstić information content (AvgIpc) is 2.66. The van der Waals surface area contributed by atoms with Crippen molar-refractivity contribution in [3.8, 4) is 5.88 Å². The van der Waals surface area contributed by atoms with E-state index in [1.54, 1.807) is 0 Å². The summed E-state index contributed by atoms with van der Waals surface area (Å²) in [4.78, 5) is 12.3. The summed E-state index contributed by atoms with van der Waals surface area (Å²) in [6.45, 7) is 1.19. The maximum Gasteiger partial charge on any atom is 0.258 e. The van der Waals surface area contributed by atoms with Gasteiger partial charge in [0, 0.05) is 0 Å². The number of thioether (sulfide) groups is 1. The minimum Gasteiger partial charge on any atom is -0.468 e. The molecule has 7 heteroatoms. The number of ether oxygens (including phenoxy) is 2. The zero-order valence-corrected chi connectivity index (χ0v) is 9.36. The highest BCUT2D eigenvalue weighted by molar-refractivity contribution is 7.98.